The normalized spacial score (nSPS) is 29.7. The zero-order valence-electron chi connectivity index (χ0n) is 27.1. The summed E-state index contributed by atoms with van der Waals surface area (Å²) in [5.74, 6) is -4.51. The lowest BCUT2D eigenvalue weighted by atomic mass is 9.57. The van der Waals surface area contributed by atoms with Crippen LogP contribution in [0.25, 0.3) is 0 Å². The lowest BCUT2D eigenvalue weighted by molar-refractivity contribution is -0.175. The monoisotopic (exact) mass is 568 g/mol. The van der Waals surface area contributed by atoms with E-state index in [2.05, 4.69) is 6.08 Å². The maximum Gasteiger partial charge on any atom is 0.321 e. The molecule has 5 atom stereocenters. The van der Waals surface area contributed by atoms with Crippen LogP contribution in [0.1, 0.15) is 108 Å². The average molecular weight is 569 g/mol. The fraction of sp³-hybridized carbons (Fsp3) is 0.657. The first kappa shape index (κ1) is 34.6. The minimum Gasteiger partial charge on any atom is -0.449 e. The Kier molecular flexibility index (Phi) is 10.7. The molecule has 0 aromatic carbocycles. The smallest absolute Gasteiger partial charge is 0.321 e. The van der Waals surface area contributed by atoms with Gasteiger partial charge >= 0.3 is 5.97 Å². The highest BCUT2D eigenvalue weighted by Gasteiger charge is 2.74. The fourth-order valence-electron chi connectivity index (χ4n) is 6.35. The molecular formula is C35H52O6. The summed E-state index contributed by atoms with van der Waals surface area (Å²) < 4.78 is 6.21. The van der Waals surface area contributed by atoms with Gasteiger partial charge in [-0.25, -0.2) is 0 Å². The topological polar surface area (TPSA) is 97.7 Å². The zero-order valence-corrected chi connectivity index (χ0v) is 27.1. The van der Waals surface area contributed by atoms with E-state index < -0.39 is 63.1 Å². The summed E-state index contributed by atoms with van der Waals surface area (Å²) in [7, 11) is 0. The van der Waals surface area contributed by atoms with Crippen molar-refractivity contribution < 1.29 is 29.0 Å². The van der Waals surface area contributed by atoms with Crippen molar-refractivity contribution in [3.8, 4) is 0 Å². The minimum atomic E-state index is -1.80. The Bertz CT molecular complexity index is 1160. The van der Waals surface area contributed by atoms with Crippen molar-refractivity contribution in [3.05, 3.63) is 47.1 Å². The van der Waals surface area contributed by atoms with E-state index >= 15 is 0 Å². The van der Waals surface area contributed by atoms with E-state index in [1.165, 1.54) is 0 Å². The van der Waals surface area contributed by atoms with E-state index in [0.717, 1.165) is 16.7 Å². The molecule has 1 saturated heterocycles. The first-order valence-corrected chi connectivity index (χ1v) is 14.9. The fourth-order valence-corrected chi connectivity index (χ4v) is 6.35. The molecule has 0 aromatic heterocycles. The Labute approximate surface area is 247 Å². The molecule has 2 bridgehead atoms. The first-order chi connectivity index (χ1) is 18.7. The Morgan fingerprint density at radius 2 is 1.51 bits per heavy atom. The molecular weight excluding hydrogens is 516 g/mol. The molecule has 41 heavy (non-hydrogen) atoms. The number of ether oxygens (including phenoxy) is 1. The van der Waals surface area contributed by atoms with E-state index in [9.17, 15) is 24.3 Å². The molecule has 6 heteroatoms. The summed E-state index contributed by atoms with van der Waals surface area (Å²) in [5, 5.41) is 10.7. The standard InChI is InChI=1S/C35H52O6/c1-22(2)13-12-17-33(11)26(16-18-32(9,10)40)21-34(19-14-23(3)4)30(38)35(41-31(34)39,20-15-24(5)6)29(33)28(37)27(36)25(7)8/h13-16,18,25-26,29,40H,12,17,19-21H2,1-11H3/t26-,29+,33+,34+,35-/m0/s1. The highest BCUT2D eigenvalue weighted by atomic mass is 16.6. The number of esters is 1. The van der Waals surface area contributed by atoms with Crippen molar-refractivity contribution in [1.29, 1.82) is 0 Å². The molecule has 0 amide bonds. The van der Waals surface area contributed by atoms with Crippen LogP contribution >= 0.6 is 0 Å². The van der Waals surface area contributed by atoms with Crippen LogP contribution in [0.15, 0.2) is 47.1 Å². The van der Waals surface area contributed by atoms with E-state index in [0.29, 0.717) is 12.8 Å². The lowest BCUT2D eigenvalue weighted by Crippen LogP contribution is -2.57. The molecule has 2 aliphatic rings. The number of aliphatic hydroxyl groups is 1. The molecule has 0 radical (unpaired) electrons. The number of rotatable bonds is 12. The van der Waals surface area contributed by atoms with Crippen LogP contribution in [-0.4, -0.2) is 39.6 Å². The maximum absolute atomic E-state index is 14.9. The molecule has 2 fully saturated rings. The molecule has 0 aromatic rings. The molecule has 2 rings (SSSR count). The van der Waals surface area contributed by atoms with Crippen molar-refractivity contribution >= 4 is 23.3 Å². The SMILES string of the molecule is CC(C)=CCC[C@@]1(C)[C@@H](C(=O)C(=O)C(C)C)[C@]2(CC=C(C)C)OC(=O)[C@](CC=C(C)C)(C[C@@H]1C=CC(C)(C)O)C2=O. The van der Waals surface area contributed by atoms with Gasteiger partial charge in [0.05, 0.1) is 11.5 Å². The number of hydrogen-bond donors (Lipinski definition) is 1. The molecule has 0 unspecified atom stereocenters. The molecule has 6 nitrogen and oxygen atoms in total. The van der Waals surface area contributed by atoms with Gasteiger partial charge in [-0.05, 0) is 92.4 Å². The second kappa shape index (κ2) is 12.7. The van der Waals surface area contributed by atoms with Gasteiger partial charge in [-0.2, -0.15) is 0 Å². The summed E-state index contributed by atoms with van der Waals surface area (Å²) >= 11 is 0. The molecule has 228 valence electrons. The predicted molar refractivity (Wildman–Crippen MR) is 163 cm³/mol. The van der Waals surface area contributed by atoms with E-state index in [1.807, 2.05) is 66.7 Å². The van der Waals surface area contributed by atoms with E-state index in [1.54, 1.807) is 33.8 Å². The van der Waals surface area contributed by atoms with E-state index in [-0.39, 0.29) is 19.3 Å². The van der Waals surface area contributed by atoms with Crippen LogP contribution in [0, 0.1) is 28.6 Å². The summed E-state index contributed by atoms with van der Waals surface area (Å²) in [4.78, 5) is 56.7. The minimum absolute atomic E-state index is 0.0262. The van der Waals surface area contributed by atoms with Crippen molar-refractivity contribution in [2.75, 3.05) is 0 Å². The van der Waals surface area contributed by atoms with Crippen molar-refractivity contribution in [1.82, 2.24) is 0 Å². The maximum atomic E-state index is 14.9. The average Bonchev–Trinajstić information content (AvgIpc) is 3.00. The number of allylic oxidation sites excluding steroid dienone is 6. The highest BCUT2D eigenvalue weighted by Crippen LogP contribution is 2.62. The Morgan fingerprint density at radius 1 is 0.976 bits per heavy atom. The van der Waals surface area contributed by atoms with Crippen LogP contribution in [0.2, 0.25) is 0 Å². The molecule has 1 aliphatic carbocycles. The van der Waals surface area contributed by atoms with Gasteiger partial charge in [-0.15, -0.1) is 0 Å². The molecule has 1 heterocycles. The van der Waals surface area contributed by atoms with Gasteiger partial charge in [0.25, 0.3) is 0 Å². The molecule has 1 N–H and O–H groups in total. The van der Waals surface area contributed by atoms with Crippen LogP contribution in [0.3, 0.4) is 0 Å². The highest BCUT2D eigenvalue weighted by molar-refractivity contribution is 6.40. The quantitative estimate of drug-likeness (QED) is 0.117. The Hall–Kier alpha value is -2.60. The predicted octanol–water partition coefficient (Wildman–Crippen LogP) is 7.06. The summed E-state index contributed by atoms with van der Waals surface area (Å²) in [6, 6.07) is 0. The van der Waals surface area contributed by atoms with Gasteiger partial charge in [0, 0.05) is 12.3 Å². The number of carbonyl (C=O) groups excluding carboxylic acids is 4. The lowest BCUT2D eigenvalue weighted by Gasteiger charge is -2.47. The third-order valence-electron chi connectivity index (χ3n) is 8.70. The molecule has 1 saturated carbocycles. The second-order valence-corrected chi connectivity index (χ2v) is 14.1. The van der Waals surface area contributed by atoms with Crippen LogP contribution in [-0.2, 0) is 23.9 Å². The van der Waals surface area contributed by atoms with Gasteiger partial charge in [0.2, 0.25) is 11.6 Å². The van der Waals surface area contributed by atoms with Gasteiger partial charge < -0.3 is 9.84 Å². The first-order valence-electron chi connectivity index (χ1n) is 14.9. The van der Waals surface area contributed by atoms with Gasteiger partial charge in [-0.1, -0.05) is 67.9 Å². The van der Waals surface area contributed by atoms with Gasteiger partial charge in [0.15, 0.2) is 11.4 Å². The Morgan fingerprint density at radius 3 is 2.00 bits per heavy atom. The van der Waals surface area contributed by atoms with Crippen molar-refractivity contribution in [2.45, 2.75) is 119 Å². The van der Waals surface area contributed by atoms with Crippen LogP contribution in [0.5, 0.6) is 0 Å². The third kappa shape index (κ3) is 7.25. The van der Waals surface area contributed by atoms with Gasteiger partial charge in [-0.3, -0.25) is 19.2 Å². The second-order valence-electron chi connectivity index (χ2n) is 14.1. The number of Topliss-reactive ketones (excluding diaryl/α,β-unsaturated/α-hetero) is 3. The zero-order chi connectivity index (χ0) is 31.6. The third-order valence-corrected chi connectivity index (χ3v) is 8.70. The van der Waals surface area contributed by atoms with E-state index in [4.69, 9.17) is 4.74 Å². The summed E-state index contributed by atoms with van der Waals surface area (Å²) in [6.07, 6.45) is 10.8. The number of hydrogen-bond acceptors (Lipinski definition) is 6. The summed E-state index contributed by atoms with van der Waals surface area (Å²) in [6.45, 7) is 20.2. The Balaban J connectivity index is 3.07. The summed E-state index contributed by atoms with van der Waals surface area (Å²) in [5.41, 5.74) is -2.40. The van der Waals surface area contributed by atoms with Gasteiger partial charge in [0.1, 0.15) is 5.41 Å². The number of carbonyl (C=O) groups is 4. The van der Waals surface area contributed by atoms with Crippen LogP contribution < -0.4 is 0 Å². The molecule has 1 aliphatic heterocycles. The molecule has 0 spiro atoms. The number of fused-ring (bicyclic) bond motifs is 2. The van der Waals surface area contributed by atoms with Crippen LogP contribution in [0.4, 0.5) is 0 Å². The largest absolute Gasteiger partial charge is 0.449 e. The van der Waals surface area contributed by atoms with Crippen molar-refractivity contribution in [3.63, 3.8) is 0 Å². The number of ketones is 3. The van der Waals surface area contributed by atoms with Crippen molar-refractivity contribution in [2.24, 2.45) is 28.6 Å².